The Bertz CT molecular complexity index is 627. The van der Waals surface area contributed by atoms with Gasteiger partial charge in [-0.2, -0.15) is 0 Å². The normalized spacial score (nSPS) is 10.4. The Labute approximate surface area is 133 Å². The summed E-state index contributed by atoms with van der Waals surface area (Å²) in [7, 11) is 0. The molecule has 0 atom stereocenters. The maximum Gasteiger partial charge on any atom is 0.255 e. The second kappa shape index (κ2) is 7.41. The van der Waals surface area contributed by atoms with Crippen LogP contribution in [0, 0.1) is 0 Å². The lowest BCUT2D eigenvalue weighted by atomic mass is 10.1. The molecule has 0 saturated heterocycles. The summed E-state index contributed by atoms with van der Waals surface area (Å²) in [5.74, 6) is -0.301. The van der Waals surface area contributed by atoms with Crippen LogP contribution in [0.15, 0.2) is 36.4 Å². The van der Waals surface area contributed by atoms with Gasteiger partial charge in [-0.1, -0.05) is 41.4 Å². The van der Waals surface area contributed by atoms with E-state index in [-0.39, 0.29) is 16.2 Å². The van der Waals surface area contributed by atoms with Crippen LogP contribution < -0.4 is 5.32 Å². The van der Waals surface area contributed by atoms with Crippen LogP contribution in [0.1, 0.15) is 22.8 Å². The van der Waals surface area contributed by atoms with Crippen LogP contribution in [0.5, 0.6) is 0 Å². The Hall–Kier alpha value is -1.62. The SMILES string of the molecule is CCOCc1ccccc1NC(=O)c1cc(Cl)nc(Cl)c1. The smallest absolute Gasteiger partial charge is 0.255 e. The van der Waals surface area contributed by atoms with Gasteiger partial charge in [-0.3, -0.25) is 4.79 Å². The fourth-order valence-electron chi connectivity index (χ4n) is 1.77. The zero-order valence-electron chi connectivity index (χ0n) is 11.4. The Balaban J connectivity index is 2.19. The summed E-state index contributed by atoms with van der Waals surface area (Å²) < 4.78 is 5.38. The maximum atomic E-state index is 12.2. The quantitative estimate of drug-likeness (QED) is 0.839. The van der Waals surface area contributed by atoms with Crippen molar-refractivity contribution in [1.82, 2.24) is 4.98 Å². The van der Waals surface area contributed by atoms with E-state index in [4.69, 9.17) is 27.9 Å². The first kappa shape index (κ1) is 15.8. The standard InChI is InChI=1S/C15H14Cl2N2O2/c1-2-21-9-10-5-3-4-6-12(10)18-15(20)11-7-13(16)19-14(17)8-11/h3-8H,2,9H2,1H3,(H,18,20). The number of hydrogen-bond acceptors (Lipinski definition) is 3. The molecule has 0 bridgehead atoms. The molecule has 4 nitrogen and oxygen atoms in total. The molecular weight excluding hydrogens is 311 g/mol. The number of carbonyl (C=O) groups is 1. The van der Waals surface area contributed by atoms with Crippen molar-refractivity contribution in [3.05, 3.63) is 57.8 Å². The van der Waals surface area contributed by atoms with Crippen LogP contribution >= 0.6 is 23.2 Å². The Morgan fingerprint density at radius 3 is 2.57 bits per heavy atom. The molecule has 1 heterocycles. The minimum absolute atomic E-state index is 0.176. The van der Waals surface area contributed by atoms with Gasteiger partial charge in [0.15, 0.2) is 0 Å². The first-order valence-electron chi connectivity index (χ1n) is 6.40. The summed E-state index contributed by atoms with van der Waals surface area (Å²) >= 11 is 11.6. The Kier molecular flexibility index (Phi) is 5.56. The lowest BCUT2D eigenvalue weighted by Crippen LogP contribution is -2.14. The molecule has 2 rings (SSSR count). The van der Waals surface area contributed by atoms with Crippen molar-refractivity contribution in [2.45, 2.75) is 13.5 Å². The molecule has 1 amide bonds. The van der Waals surface area contributed by atoms with Crippen molar-refractivity contribution in [3.8, 4) is 0 Å². The Morgan fingerprint density at radius 2 is 1.90 bits per heavy atom. The average molecular weight is 325 g/mol. The molecule has 0 fully saturated rings. The highest BCUT2D eigenvalue weighted by Gasteiger charge is 2.11. The van der Waals surface area contributed by atoms with Crippen molar-refractivity contribution in [1.29, 1.82) is 0 Å². The molecule has 0 saturated carbocycles. The summed E-state index contributed by atoms with van der Waals surface area (Å²) in [6.07, 6.45) is 0. The van der Waals surface area contributed by atoms with E-state index in [1.807, 2.05) is 31.2 Å². The predicted octanol–water partition coefficient (Wildman–Crippen LogP) is 4.18. The molecule has 0 aliphatic carbocycles. The molecule has 0 spiro atoms. The summed E-state index contributed by atoms with van der Waals surface area (Å²) in [5, 5.41) is 3.18. The molecule has 1 aromatic carbocycles. The molecule has 6 heteroatoms. The van der Waals surface area contributed by atoms with Crippen LogP contribution in [-0.4, -0.2) is 17.5 Å². The highest BCUT2D eigenvalue weighted by atomic mass is 35.5. The third kappa shape index (κ3) is 4.43. The summed E-state index contributed by atoms with van der Waals surface area (Å²) in [4.78, 5) is 16.1. The fourth-order valence-corrected chi connectivity index (χ4v) is 2.23. The molecule has 1 N–H and O–H groups in total. The summed E-state index contributed by atoms with van der Waals surface area (Å²) in [6, 6.07) is 10.4. The van der Waals surface area contributed by atoms with E-state index in [1.165, 1.54) is 12.1 Å². The second-order valence-electron chi connectivity index (χ2n) is 4.25. The molecule has 110 valence electrons. The number of pyridine rings is 1. The number of para-hydroxylation sites is 1. The van der Waals surface area contributed by atoms with E-state index >= 15 is 0 Å². The summed E-state index contributed by atoms with van der Waals surface area (Å²) in [5.41, 5.74) is 1.95. The van der Waals surface area contributed by atoms with Crippen molar-refractivity contribution in [2.75, 3.05) is 11.9 Å². The largest absolute Gasteiger partial charge is 0.377 e. The number of ether oxygens (including phenoxy) is 1. The second-order valence-corrected chi connectivity index (χ2v) is 5.02. The monoisotopic (exact) mass is 324 g/mol. The van der Waals surface area contributed by atoms with Gasteiger partial charge in [0.05, 0.1) is 6.61 Å². The zero-order valence-corrected chi connectivity index (χ0v) is 12.9. The van der Waals surface area contributed by atoms with Gasteiger partial charge in [-0.15, -0.1) is 0 Å². The fraction of sp³-hybridized carbons (Fsp3) is 0.200. The minimum atomic E-state index is -0.301. The van der Waals surface area contributed by atoms with E-state index in [1.54, 1.807) is 0 Å². The zero-order chi connectivity index (χ0) is 15.2. The molecule has 1 aromatic heterocycles. The van der Waals surface area contributed by atoms with Crippen LogP contribution in [0.4, 0.5) is 5.69 Å². The van der Waals surface area contributed by atoms with Crippen LogP contribution in [-0.2, 0) is 11.3 Å². The Morgan fingerprint density at radius 1 is 1.24 bits per heavy atom. The number of halogens is 2. The van der Waals surface area contributed by atoms with Gasteiger partial charge in [0.1, 0.15) is 10.3 Å². The van der Waals surface area contributed by atoms with Crippen LogP contribution in [0.2, 0.25) is 10.3 Å². The number of carbonyl (C=O) groups excluding carboxylic acids is 1. The molecular formula is C15H14Cl2N2O2. The van der Waals surface area contributed by atoms with Gasteiger partial charge in [0.2, 0.25) is 0 Å². The number of hydrogen-bond donors (Lipinski definition) is 1. The average Bonchev–Trinajstić information content (AvgIpc) is 2.45. The number of nitrogens with zero attached hydrogens (tertiary/aromatic N) is 1. The van der Waals surface area contributed by atoms with Crippen molar-refractivity contribution >= 4 is 34.8 Å². The van der Waals surface area contributed by atoms with Crippen molar-refractivity contribution in [2.24, 2.45) is 0 Å². The van der Waals surface area contributed by atoms with E-state index in [9.17, 15) is 4.79 Å². The highest BCUT2D eigenvalue weighted by molar-refractivity contribution is 6.33. The van der Waals surface area contributed by atoms with Crippen LogP contribution in [0.3, 0.4) is 0 Å². The van der Waals surface area contributed by atoms with Gasteiger partial charge in [-0.05, 0) is 25.1 Å². The molecule has 0 aliphatic heterocycles. The number of nitrogens with one attached hydrogen (secondary N) is 1. The van der Waals surface area contributed by atoms with E-state index in [0.29, 0.717) is 24.5 Å². The van der Waals surface area contributed by atoms with Gasteiger partial charge in [0, 0.05) is 23.4 Å². The van der Waals surface area contributed by atoms with Gasteiger partial charge in [0.25, 0.3) is 5.91 Å². The van der Waals surface area contributed by atoms with Gasteiger partial charge in [-0.25, -0.2) is 4.98 Å². The number of rotatable bonds is 5. The minimum Gasteiger partial charge on any atom is -0.377 e. The first-order chi connectivity index (χ1) is 10.1. The van der Waals surface area contributed by atoms with E-state index in [2.05, 4.69) is 10.3 Å². The third-order valence-electron chi connectivity index (χ3n) is 2.75. The predicted molar refractivity (Wildman–Crippen MR) is 84.0 cm³/mol. The lowest BCUT2D eigenvalue weighted by Gasteiger charge is -2.11. The van der Waals surface area contributed by atoms with E-state index < -0.39 is 0 Å². The number of anilines is 1. The number of amides is 1. The van der Waals surface area contributed by atoms with Gasteiger partial charge >= 0.3 is 0 Å². The molecule has 0 aliphatic rings. The van der Waals surface area contributed by atoms with E-state index in [0.717, 1.165) is 5.56 Å². The van der Waals surface area contributed by atoms with Crippen molar-refractivity contribution in [3.63, 3.8) is 0 Å². The summed E-state index contributed by atoms with van der Waals surface area (Å²) in [6.45, 7) is 2.96. The topological polar surface area (TPSA) is 51.2 Å². The third-order valence-corrected chi connectivity index (χ3v) is 3.14. The molecule has 21 heavy (non-hydrogen) atoms. The number of aromatic nitrogens is 1. The van der Waals surface area contributed by atoms with Gasteiger partial charge < -0.3 is 10.1 Å². The first-order valence-corrected chi connectivity index (χ1v) is 7.16. The maximum absolute atomic E-state index is 12.2. The van der Waals surface area contributed by atoms with Crippen LogP contribution in [0.25, 0.3) is 0 Å². The molecule has 0 unspecified atom stereocenters. The molecule has 0 radical (unpaired) electrons. The molecule has 2 aromatic rings. The highest BCUT2D eigenvalue weighted by Crippen LogP contribution is 2.19. The lowest BCUT2D eigenvalue weighted by molar-refractivity contribution is 0.102. The number of benzene rings is 1. The van der Waals surface area contributed by atoms with Crippen molar-refractivity contribution < 1.29 is 9.53 Å².